The van der Waals surface area contributed by atoms with E-state index in [4.69, 9.17) is 5.11 Å². The van der Waals surface area contributed by atoms with Gasteiger partial charge in [-0.05, 0) is 40.5 Å². The van der Waals surface area contributed by atoms with E-state index in [0.717, 1.165) is 8.95 Å². The number of rotatable bonds is 5. The summed E-state index contributed by atoms with van der Waals surface area (Å²) in [4.78, 5) is 22.5. The number of carbonyl (C=O) groups is 2. The monoisotopic (exact) mass is 392 g/mol. The molecule has 5 nitrogen and oxygen atoms in total. The molecule has 1 rings (SSSR count). The minimum atomic E-state index is -0.911. The second kappa shape index (κ2) is 7.49. The van der Waals surface area contributed by atoms with Crippen LogP contribution in [-0.2, 0) is 4.79 Å². The van der Waals surface area contributed by atoms with E-state index in [2.05, 4.69) is 42.5 Å². The van der Waals surface area contributed by atoms with Gasteiger partial charge in [0.1, 0.15) is 0 Å². The van der Waals surface area contributed by atoms with Crippen molar-refractivity contribution in [2.75, 3.05) is 11.9 Å². The summed E-state index contributed by atoms with van der Waals surface area (Å²) in [5.41, 5.74) is 0.607. The smallest absolute Gasteiger partial charge is 0.319 e. The maximum atomic E-state index is 11.7. The third-order valence-corrected chi connectivity index (χ3v) is 3.71. The Bertz CT molecular complexity index is 480. The Morgan fingerprint density at radius 2 is 2.05 bits per heavy atom. The number of hydrogen-bond acceptors (Lipinski definition) is 2. The minimum Gasteiger partial charge on any atom is -0.481 e. The van der Waals surface area contributed by atoms with Crippen LogP contribution < -0.4 is 10.6 Å². The first-order valence-corrected chi connectivity index (χ1v) is 7.25. The van der Waals surface area contributed by atoms with E-state index >= 15 is 0 Å². The molecule has 0 heterocycles. The number of carboxylic acids is 1. The Morgan fingerprint density at radius 3 is 2.63 bits per heavy atom. The Labute approximate surface area is 128 Å². The SMILES string of the molecule is CCC(CNC(=O)Nc1cc(Br)ccc1Br)C(=O)O. The van der Waals surface area contributed by atoms with Gasteiger partial charge in [0.15, 0.2) is 0 Å². The molecule has 3 N–H and O–H groups in total. The number of carbonyl (C=O) groups excluding carboxylic acids is 1. The van der Waals surface area contributed by atoms with Crippen molar-refractivity contribution < 1.29 is 14.7 Å². The third kappa shape index (κ3) is 5.20. The highest BCUT2D eigenvalue weighted by Crippen LogP contribution is 2.25. The van der Waals surface area contributed by atoms with Crippen LogP contribution in [0.5, 0.6) is 0 Å². The lowest BCUT2D eigenvalue weighted by Crippen LogP contribution is -2.35. The summed E-state index contributed by atoms with van der Waals surface area (Å²) in [5.74, 6) is -1.48. The number of urea groups is 1. The zero-order valence-electron chi connectivity index (χ0n) is 10.2. The van der Waals surface area contributed by atoms with Crippen molar-refractivity contribution in [3.63, 3.8) is 0 Å². The first-order valence-electron chi connectivity index (χ1n) is 5.66. The molecule has 0 aromatic heterocycles. The van der Waals surface area contributed by atoms with Gasteiger partial charge in [0.05, 0.1) is 11.6 Å². The summed E-state index contributed by atoms with van der Waals surface area (Å²) < 4.78 is 1.58. The fourth-order valence-corrected chi connectivity index (χ4v) is 2.09. The van der Waals surface area contributed by atoms with Crippen LogP contribution in [0.2, 0.25) is 0 Å². The Morgan fingerprint density at radius 1 is 1.37 bits per heavy atom. The van der Waals surface area contributed by atoms with E-state index in [-0.39, 0.29) is 6.54 Å². The van der Waals surface area contributed by atoms with Gasteiger partial charge in [0, 0.05) is 15.5 Å². The molecule has 1 atom stereocenters. The van der Waals surface area contributed by atoms with E-state index in [9.17, 15) is 9.59 Å². The van der Waals surface area contributed by atoms with Gasteiger partial charge in [0.2, 0.25) is 0 Å². The van der Waals surface area contributed by atoms with Gasteiger partial charge in [0.25, 0.3) is 0 Å². The second-order valence-corrected chi connectivity index (χ2v) is 5.67. The third-order valence-electron chi connectivity index (χ3n) is 2.53. The number of benzene rings is 1. The molecule has 0 bridgehead atoms. The molecular weight excluding hydrogens is 380 g/mol. The Kier molecular flexibility index (Phi) is 6.30. The number of carboxylic acid groups (broad SMARTS) is 1. The predicted molar refractivity (Wildman–Crippen MR) is 80.3 cm³/mol. The van der Waals surface area contributed by atoms with E-state index < -0.39 is 17.9 Å². The lowest BCUT2D eigenvalue weighted by Gasteiger charge is -2.12. The molecule has 19 heavy (non-hydrogen) atoms. The van der Waals surface area contributed by atoms with Crippen LogP contribution in [-0.4, -0.2) is 23.7 Å². The van der Waals surface area contributed by atoms with Crippen LogP contribution in [0, 0.1) is 5.92 Å². The number of halogens is 2. The van der Waals surface area contributed by atoms with Crippen molar-refractivity contribution in [3.8, 4) is 0 Å². The highest BCUT2D eigenvalue weighted by molar-refractivity contribution is 9.11. The number of nitrogens with one attached hydrogen (secondary N) is 2. The molecule has 0 fully saturated rings. The highest BCUT2D eigenvalue weighted by atomic mass is 79.9. The van der Waals surface area contributed by atoms with Crippen molar-refractivity contribution >= 4 is 49.5 Å². The van der Waals surface area contributed by atoms with Crippen molar-refractivity contribution in [2.45, 2.75) is 13.3 Å². The first kappa shape index (κ1) is 16.0. The van der Waals surface area contributed by atoms with Crippen molar-refractivity contribution in [1.29, 1.82) is 0 Å². The van der Waals surface area contributed by atoms with E-state index in [1.54, 1.807) is 19.1 Å². The quantitative estimate of drug-likeness (QED) is 0.716. The molecule has 0 aliphatic carbocycles. The summed E-state index contributed by atoms with van der Waals surface area (Å²) in [6.45, 7) is 1.87. The Hall–Kier alpha value is -1.08. The molecule has 0 aliphatic rings. The zero-order valence-corrected chi connectivity index (χ0v) is 13.4. The number of anilines is 1. The van der Waals surface area contributed by atoms with Crippen LogP contribution in [0.25, 0.3) is 0 Å². The fourth-order valence-electron chi connectivity index (χ4n) is 1.38. The van der Waals surface area contributed by atoms with Gasteiger partial charge in [-0.2, -0.15) is 0 Å². The average molecular weight is 394 g/mol. The van der Waals surface area contributed by atoms with Gasteiger partial charge in [-0.25, -0.2) is 4.79 Å². The standard InChI is InChI=1S/C12H14Br2N2O3/c1-2-7(11(17)18)6-15-12(19)16-10-5-8(13)3-4-9(10)14/h3-5,7H,2,6H2,1H3,(H,17,18)(H2,15,16,19). The van der Waals surface area contributed by atoms with Gasteiger partial charge < -0.3 is 15.7 Å². The molecule has 0 aliphatic heterocycles. The molecule has 2 amide bonds. The summed E-state index contributed by atoms with van der Waals surface area (Å²) in [6.07, 6.45) is 0.468. The maximum absolute atomic E-state index is 11.7. The predicted octanol–water partition coefficient (Wildman–Crippen LogP) is 3.44. The molecule has 104 valence electrons. The van der Waals surface area contributed by atoms with Crippen molar-refractivity contribution in [1.82, 2.24) is 5.32 Å². The highest BCUT2D eigenvalue weighted by Gasteiger charge is 2.16. The van der Waals surface area contributed by atoms with Crippen LogP contribution >= 0.6 is 31.9 Å². The van der Waals surface area contributed by atoms with Gasteiger partial charge in [-0.3, -0.25) is 4.79 Å². The van der Waals surface area contributed by atoms with Crippen LogP contribution in [0.15, 0.2) is 27.1 Å². The van der Waals surface area contributed by atoms with E-state index in [1.165, 1.54) is 0 Å². The van der Waals surface area contributed by atoms with Gasteiger partial charge >= 0.3 is 12.0 Å². The van der Waals surface area contributed by atoms with Crippen molar-refractivity contribution in [3.05, 3.63) is 27.1 Å². The lowest BCUT2D eigenvalue weighted by atomic mass is 10.1. The zero-order chi connectivity index (χ0) is 14.4. The topological polar surface area (TPSA) is 78.4 Å². The van der Waals surface area contributed by atoms with E-state index in [1.807, 2.05) is 6.07 Å². The number of hydrogen-bond donors (Lipinski definition) is 3. The normalized spacial score (nSPS) is 11.7. The molecule has 0 saturated heterocycles. The fraction of sp³-hybridized carbons (Fsp3) is 0.333. The lowest BCUT2D eigenvalue weighted by molar-refractivity contribution is -0.141. The minimum absolute atomic E-state index is 0.100. The molecule has 0 saturated carbocycles. The summed E-state index contributed by atoms with van der Waals surface area (Å²) in [7, 11) is 0. The summed E-state index contributed by atoms with van der Waals surface area (Å²) in [6, 6.07) is 4.95. The first-order chi connectivity index (χ1) is 8.93. The number of aliphatic carboxylic acids is 1. The number of amides is 2. The molecule has 0 radical (unpaired) electrons. The molecule has 1 aromatic rings. The molecule has 1 unspecified atom stereocenters. The van der Waals surface area contributed by atoms with Gasteiger partial charge in [-0.1, -0.05) is 22.9 Å². The van der Waals surface area contributed by atoms with Crippen molar-refractivity contribution in [2.24, 2.45) is 5.92 Å². The largest absolute Gasteiger partial charge is 0.481 e. The van der Waals surface area contributed by atoms with Crippen LogP contribution in [0.3, 0.4) is 0 Å². The maximum Gasteiger partial charge on any atom is 0.319 e. The second-order valence-electron chi connectivity index (χ2n) is 3.90. The molecular formula is C12H14Br2N2O3. The molecule has 1 aromatic carbocycles. The Balaban J connectivity index is 2.56. The van der Waals surface area contributed by atoms with E-state index in [0.29, 0.717) is 12.1 Å². The summed E-state index contributed by atoms with van der Waals surface area (Å²) >= 11 is 6.63. The molecule has 7 heteroatoms. The molecule has 0 spiro atoms. The average Bonchev–Trinajstić information content (AvgIpc) is 2.34. The summed E-state index contributed by atoms with van der Waals surface area (Å²) in [5, 5.41) is 14.1. The van der Waals surface area contributed by atoms with Crippen LogP contribution in [0.1, 0.15) is 13.3 Å². The van der Waals surface area contributed by atoms with Gasteiger partial charge in [-0.15, -0.1) is 0 Å². The van der Waals surface area contributed by atoms with Crippen LogP contribution in [0.4, 0.5) is 10.5 Å².